The molecule has 0 saturated carbocycles. The molecule has 1 aromatic rings. The van der Waals surface area contributed by atoms with Crippen molar-refractivity contribution < 1.29 is 4.79 Å². The number of piperidine rings is 1. The molecule has 1 amide bonds. The van der Waals surface area contributed by atoms with E-state index in [-0.39, 0.29) is 5.91 Å². The van der Waals surface area contributed by atoms with E-state index in [0.29, 0.717) is 0 Å². The second-order valence-electron chi connectivity index (χ2n) is 6.65. The van der Waals surface area contributed by atoms with Crippen molar-refractivity contribution in [3.8, 4) is 0 Å². The Kier molecular flexibility index (Phi) is 4.65. The minimum Gasteiger partial charge on any atom is -0.343 e. The lowest BCUT2D eigenvalue weighted by atomic mass is 9.84. The average Bonchev–Trinajstić information content (AvgIpc) is 3.10. The lowest BCUT2D eigenvalue weighted by molar-refractivity contribution is -0.130. The highest BCUT2D eigenvalue weighted by atomic mass is 32.1. The van der Waals surface area contributed by atoms with E-state index < -0.39 is 0 Å². The molecule has 21 heavy (non-hydrogen) atoms. The Morgan fingerprint density at radius 3 is 2.57 bits per heavy atom. The molecular weight excluding hydrogens is 280 g/mol. The van der Waals surface area contributed by atoms with E-state index in [0.717, 1.165) is 31.5 Å². The molecule has 116 valence electrons. The fourth-order valence-corrected chi connectivity index (χ4v) is 4.79. The number of carbonyl (C=O) groups excluding carboxylic acids is 1. The van der Waals surface area contributed by atoms with E-state index in [1.807, 2.05) is 16.2 Å². The van der Waals surface area contributed by atoms with Gasteiger partial charge in [0.1, 0.15) is 0 Å². The van der Waals surface area contributed by atoms with Gasteiger partial charge in [-0.05, 0) is 61.6 Å². The maximum Gasteiger partial charge on any atom is 0.219 e. The van der Waals surface area contributed by atoms with Crippen molar-refractivity contribution >= 4 is 17.2 Å². The van der Waals surface area contributed by atoms with Crippen molar-refractivity contribution in [1.29, 1.82) is 0 Å². The molecular formula is C17H26N2OS. The highest BCUT2D eigenvalue weighted by Crippen LogP contribution is 2.33. The number of carbonyl (C=O) groups is 1. The Morgan fingerprint density at radius 1 is 1.24 bits per heavy atom. The van der Waals surface area contributed by atoms with Crippen LogP contribution in [0.2, 0.25) is 0 Å². The first kappa shape index (κ1) is 15.0. The van der Waals surface area contributed by atoms with Crippen LogP contribution in [0.5, 0.6) is 0 Å². The summed E-state index contributed by atoms with van der Waals surface area (Å²) >= 11 is 1.89. The van der Waals surface area contributed by atoms with Crippen LogP contribution < -0.4 is 0 Å². The number of aryl methyl sites for hydroxylation is 1. The minimum atomic E-state index is 0.245. The van der Waals surface area contributed by atoms with Gasteiger partial charge in [-0.3, -0.25) is 9.69 Å². The van der Waals surface area contributed by atoms with Gasteiger partial charge in [0.25, 0.3) is 0 Å². The monoisotopic (exact) mass is 306 g/mol. The van der Waals surface area contributed by atoms with E-state index in [2.05, 4.69) is 23.3 Å². The van der Waals surface area contributed by atoms with Crippen molar-refractivity contribution in [2.75, 3.05) is 26.2 Å². The molecule has 0 radical (unpaired) electrons. The van der Waals surface area contributed by atoms with Crippen LogP contribution in [0.3, 0.4) is 0 Å². The predicted octanol–water partition coefficient (Wildman–Crippen LogP) is 3.14. The van der Waals surface area contributed by atoms with Crippen LogP contribution in [0.1, 0.15) is 36.6 Å². The Bertz CT molecular complexity index is 491. The van der Waals surface area contributed by atoms with Crippen LogP contribution in [0.15, 0.2) is 11.4 Å². The number of thiophene rings is 1. The summed E-state index contributed by atoms with van der Waals surface area (Å²) in [5.74, 6) is 1.92. The van der Waals surface area contributed by atoms with Gasteiger partial charge in [-0.25, -0.2) is 0 Å². The SMILES string of the molecule is CC(=O)N1CCC(C2CCN(Cc3sccc3C)C2)CC1. The zero-order valence-corrected chi connectivity index (χ0v) is 14.0. The molecule has 0 bridgehead atoms. The first-order valence-corrected chi connectivity index (χ1v) is 9.02. The summed E-state index contributed by atoms with van der Waals surface area (Å²) in [5, 5.41) is 2.20. The molecule has 0 spiro atoms. The Labute approximate surface area is 131 Å². The molecule has 1 atom stereocenters. The number of hydrogen-bond donors (Lipinski definition) is 0. The van der Waals surface area contributed by atoms with Crippen LogP contribution in [-0.4, -0.2) is 41.9 Å². The highest BCUT2D eigenvalue weighted by molar-refractivity contribution is 7.10. The van der Waals surface area contributed by atoms with E-state index >= 15 is 0 Å². The largest absolute Gasteiger partial charge is 0.343 e. The smallest absolute Gasteiger partial charge is 0.219 e. The number of nitrogens with zero attached hydrogens (tertiary/aromatic N) is 2. The fraction of sp³-hybridized carbons (Fsp3) is 0.706. The molecule has 1 aromatic heterocycles. The second kappa shape index (κ2) is 6.49. The number of rotatable bonds is 3. The Morgan fingerprint density at radius 2 is 1.95 bits per heavy atom. The van der Waals surface area contributed by atoms with Crippen LogP contribution in [0.4, 0.5) is 0 Å². The lowest BCUT2D eigenvalue weighted by Crippen LogP contribution is -2.39. The third-order valence-corrected chi connectivity index (χ3v) is 6.30. The molecule has 3 rings (SSSR count). The number of amides is 1. The van der Waals surface area contributed by atoms with Gasteiger partial charge in [0.05, 0.1) is 0 Å². The van der Waals surface area contributed by atoms with Gasteiger partial charge in [-0.2, -0.15) is 0 Å². The Balaban J connectivity index is 1.49. The van der Waals surface area contributed by atoms with E-state index in [4.69, 9.17) is 0 Å². The van der Waals surface area contributed by atoms with Crippen molar-refractivity contribution in [3.05, 3.63) is 21.9 Å². The topological polar surface area (TPSA) is 23.6 Å². The van der Waals surface area contributed by atoms with Crippen LogP contribution in [0.25, 0.3) is 0 Å². The third-order valence-electron chi connectivity index (χ3n) is 5.30. The van der Waals surface area contributed by atoms with Crippen LogP contribution >= 0.6 is 11.3 Å². The molecule has 2 aliphatic rings. The summed E-state index contributed by atoms with van der Waals surface area (Å²) in [5.41, 5.74) is 1.44. The molecule has 3 heterocycles. The first-order valence-electron chi connectivity index (χ1n) is 8.14. The summed E-state index contributed by atoms with van der Waals surface area (Å²) < 4.78 is 0. The third kappa shape index (κ3) is 3.49. The zero-order valence-electron chi connectivity index (χ0n) is 13.2. The van der Waals surface area contributed by atoms with Crippen molar-refractivity contribution in [2.24, 2.45) is 11.8 Å². The summed E-state index contributed by atoms with van der Waals surface area (Å²) in [6, 6.07) is 2.23. The summed E-state index contributed by atoms with van der Waals surface area (Å²) in [4.78, 5) is 17.6. The predicted molar refractivity (Wildman–Crippen MR) is 87.4 cm³/mol. The molecule has 0 aromatic carbocycles. The van der Waals surface area contributed by atoms with Gasteiger partial charge >= 0.3 is 0 Å². The second-order valence-corrected chi connectivity index (χ2v) is 7.65. The minimum absolute atomic E-state index is 0.245. The standard InChI is InChI=1S/C17H26N2OS/c1-13-6-10-21-17(13)12-18-7-3-16(11-18)15-4-8-19(9-5-15)14(2)20/h6,10,15-16H,3-5,7-9,11-12H2,1-2H3. The highest BCUT2D eigenvalue weighted by Gasteiger charge is 2.32. The zero-order chi connectivity index (χ0) is 14.8. The van der Waals surface area contributed by atoms with Gasteiger partial charge in [0.15, 0.2) is 0 Å². The molecule has 3 nitrogen and oxygen atoms in total. The lowest BCUT2D eigenvalue weighted by Gasteiger charge is -2.34. The molecule has 0 N–H and O–H groups in total. The molecule has 2 aliphatic heterocycles. The van der Waals surface area contributed by atoms with E-state index in [9.17, 15) is 4.79 Å². The maximum absolute atomic E-state index is 11.4. The number of hydrogen-bond acceptors (Lipinski definition) is 3. The first-order chi connectivity index (χ1) is 10.1. The summed E-state index contributed by atoms with van der Waals surface area (Å²) in [6.45, 7) is 9.49. The van der Waals surface area contributed by atoms with E-state index in [1.54, 1.807) is 6.92 Å². The quantitative estimate of drug-likeness (QED) is 0.856. The van der Waals surface area contributed by atoms with Crippen LogP contribution in [-0.2, 0) is 11.3 Å². The summed E-state index contributed by atoms with van der Waals surface area (Å²) in [7, 11) is 0. The van der Waals surface area contributed by atoms with Gasteiger partial charge in [-0.15, -0.1) is 11.3 Å². The van der Waals surface area contributed by atoms with Crippen molar-refractivity contribution in [1.82, 2.24) is 9.80 Å². The summed E-state index contributed by atoms with van der Waals surface area (Å²) in [6.07, 6.45) is 3.75. The van der Waals surface area contributed by atoms with Gasteiger partial charge in [-0.1, -0.05) is 0 Å². The maximum atomic E-state index is 11.4. The van der Waals surface area contributed by atoms with Crippen molar-refractivity contribution in [3.63, 3.8) is 0 Å². The number of likely N-dealkylation sites (tertiary alicyclic amines) is 2. The molecule has 2 saturated heterocycles. The van der Waals surface area contributed by atoms with Gasteiger partial charge in [0, 0.05) is 38.0 Å². The van der Waals surface area contributed by atoms with Gasteiger partial charge in [0.2, 0.25) is 5.91 Å². The normalized spacial score (nSPS) is 24.7. The molecule has 1 unspecified atom stereocenters. The fourth-order valence-electron chi connectivity index (χ4n) is 3.85. The molecule has 4 heteroatoms. The molecule has 0 aliphatic carbocycles. The average molecular weight is 306 g/mol. The van der Waals surface area contributed by atoms with Crippen LogP contribution in [0, 0.1) is 18.8 Å². The van der Waals surface area contributed by atoms with Crippen molar-refractivity contribution in [2.45, 2.75) is 39.7 Å². The van der Waals surface area contributed by atoms with Gasteiger partial charge < -0.3 is 4.90 Å². The van der Waals surface area contributed by atoms with E-state index in [1.165, 1.54) is 42.8 Å². The molecule has 2 fully saturated rings. The Hall–Kier alpha value is -0.870.